The second kappa shape index (κ2) is 4.24. The predicted octanol–water partition coefficient (Wildman–Crippen LogP) is 2.25. The maximum absolute atomic E-state index is 5.53. The van der Waals surface area contributed by atoms with Crippen LogP contribution in [0.3, 0.4) is 0 Å². The van der Waals surface area contributed by atoms with Crippen LogP contribution in [0.15, 0.2) is 0 Å². The molecule has 2 aliphatic carbocycles. The summed E-state index contributed by atoms with van der Waals surface area (Å²) < 4.78 is 0. The third-order valence-corrected chi connectivity index (χ3v) is 2.90. The van der Waals surface area contributed by atoms with Gasteiger partial charge in [-0.25, -0.2) is 5.48 Å². The van der Waals surface area contributed by atoms with Gasteiger partial charge >= 0.3 is 0 Å². The minimum atomic E-state index is 0.518. The predicted molar refractivity (Wildman–Crippen MR) is 48.7 cm³/mol. The van der Waals surface area contributed by atoms with Gasteiger partial charge in [0.1, 0.15) is 0 Å². The molecule has 0 aliphatic heterocycles. The number of rotatable bonds is 5. The Kier molecular flexibility index (Phi) is 3.01. The van der Waals surface area contributed by atoms with Gasteiger partial charge in [0, 0.05) is 6.54 Å². The second-order valence-corrected chi connectivity index (χ2v) is 4.15. The van der Waals surface area contributed by atoms with E-state index in [2.05, 4.69) is 5.48 Å². The summed E-state index contributed by atoms with van der Waals surface area (Å²) in [5.74, 6) is 1.02. The highest BCUT2D eigenvalue weighted by Crippen LogP contribution is 2.31. The van der Waals surface area contributed by atoms with Gasteiger partial charge in [-0.05, 0) is 25.2 Å². The molecule has 2 nitrogen and oxygen atoms in total. The zero-order chi connectivity index (χ0) is 8.23. The van der Waals surface area contributed by atoms with Crippen LogP contribution in [-0.2, 0) is 4.84 Å². The van der Waals surface area contributed by atoms with Crippen LogP contribution in [0.5, 0.6) is 0 Å². The van der Waals surface area contributed by atoms with Crippen molar-refractivity contribution in [3.05, 3.63) is 0 Å². The first kappa shape index (κ1) is 8.52. The van der Waals surface area contributed by atoms with Gasteiger partial charge in [-0.2, -0.15) is 0 Å². The smallest absolute Gasteiger partial charge is 0.0790 e. The van der Waals surface area contributed by atoms with Crippen molar-refractivity contribution in [1.29, 1.82) is 0 Å². The van der Waals surface area contributed by atoms with Gasteiger partial charge in [0.15, 0.2) is 0 Å². The molecule has 0 aromatic carbocycles. The van der Waals surface area contributed by atoms with Crippen molar-refractivity contribution < 1.29 is 4.84 Å². The summed E-state index contributed by atoms with van der Waals surface area (Å²) in [5.41, 5.74) is 3.10. The lowest BCUT2D eigenvalue weighted by molar-refractivity contribution is -0.0213. The maximum atomic E-state index is 5.53. The third-order valence-electron chi connectivity index (χ3n) is 2.90. The average molecular weight is 169 g/mol. The Morgan fingerprint density at radius 3 is 2.50 bits per heavy atom. The fourth-order valence-corrected chi connectivity index (χ4v) is 1.85. The first-order chi connectivity index (χ1) is 5.95. The van der Waals surface area contributed by atoms with Crippen molar-refractivity contribution in [2.45, 2.75) is 51.0 Å². The quantitative estimate of drug-likeness (QED) is 0.503. The Balaban J connectivity index is 1.44. The van der Waals surface area contributed by atoms with Crippen molar-refractivity contribution in [1.82, 2.24) is 5.48 Å². The Morgan fingerprint density at radius 1 is 1.08 bits per heavy atom. The SMILES string of the molecule is C1CCC(ONCCC2CC2)C1. The molecule has 0 aromatic heterocycles. The van der Waals surface area contributed by atoms with Crippen LogP contribution in [0.2, 0.25) is 0 Å². The molecule has 2 aliphatic rings. The fraction of sp³-hybridized carbons (Fsp3) is 1.00. The number of nitrogens with one attached hydrogen (secondary N) is 1. The molecule has 0 atom stereocenters. The van der Waals surface area contributed by atoms with E-state index in [9.17, 15) is 0 Å². The molecule has 0 radical (unpaired) electrons. The largest absolute Gasteiger partial charge is 0.299 e. The van der Waals surface area contributed by atoms with E-state index < -0.39 is 0 Å². The first-order valence-electron chi connectivity index (χ1n) is 5.33. The molecule has 2 saturated carbocycles. The van der Waals surface area contributed by atoms with Crippen molar-refractivity contribution >= 4 is 0 Å². The summed E-state index contributed by atoms with van der Waals surface area (Å²) in [6.07, 6.45) is 9.96. The molecule has 0 aromatic rings. The van der Waals surface area contributed by atoms with Crippen LogP contribution in [0.25, 0.3) is 0 Å². The van der Waals surface area contributed by atoms with Gasteiger partial charge in [-0.3, -0.25) is 4.84 Å². The average Bonchev–Trinajstić information content (AvgIpc) is 2.76. The van der Waals surface area contributed by atoms with Crippen molar-refractivity contribution in [3.63, 3.8) is 0 Å². The van der Waals surface area contributed by atoms with Crippen molar-refractivity contribution in [2.24, 2.45) is 5.92 Å². The molecule has 2 heteroatoms. The second-order valence-electron chi connectivity index (χ2n) is 4.15. The van der Waals surface area contributed by atoms with E-state index in [4.69, 9.17) is 4.84 Å². The van der Waals surface area contributed by atoms with Gasteiger partial charge < -0.3 is 0 Å². The summed E-state index contributed by atoms with van der Waals surface area (Å²) in [7, 11) is 0. The number of hydroxylamine groups is 1. The third kappa shape index (κ3) is 2.76. The van der Waals surface area contributed by atoms with Crippen LogP contribution < -0.4 is 5.48 Å². The van der Waals surface area contributed by atoms with Gasteiger partial charge in [0.2, 0.25) is 0 Å². The molecule has 0 saturated heterocycles. The lowest BCUT2D eigenvalue weighted by Gasteiger charge is -2.10. The van der Waals surface area contributed by atoms with Gasteiger partial charge in [0.25, 0.3) is 0 Å². The summed E-state index contributed by atoms with van der Waals surface area (Å²) in [4.78, 5) is 5.53. The van der Waals surface area contributed by atoms with Crippen LogP contribution in [0.1, 0.15) is 44.9 Å². The van der Waals surface area contributed by atoms with E-state index in [1.165, 1.54) is 44.9 Å². The van der Waals surface area contributed by atoms with Crippen molar-refractivity contribution in [2.75, 3.05) is 6.54 Å². The Hall–Kier alpha value is -0.0800. The topological polar surface area (TPSA) is 21.3 Å². The Labute approximate surface area is 74.6 Å². The van der Waals surface area contributed by atoms with Crippen molar-refractivity contribution in [3.8, 4) is 0 Å². The fourth-order valence-electron chi connectivity index (χ4n) is 1.85. The molecular formula is C10H19NO. The minimum absolute atomic E-state index is 0.518. The van der Waals surface area contributed by atoms with Crippen LogP contribution in [-0.4, -0.2) is 12.6 Å². The molecule has 2 fully saturated rings. The highest BCUT2D eigenvalue weighted by Gasteiger charge is 2.20. The van der Waals surface area contributed by atoms with E-state index in [0.29, 0.717) is 6.10 Å². The van der Waals surface area contributed by atoms with Gasteiger partial charge in [-0.1, -0.05) is 25.7 Å². The van der Waals surface area contributed by atoms with E-state index >= 15 is 0 Å². The van der Waals surface area contributed by atoms with E-state index in [-0.39, 0.29) is 0 Å². The molecule has 70 valence electrons. The molecule has 1 N–H and O–H groups in total. The molecular weight excluding hydrogens is 150 g/mol. The van der Waals surface area contributed by atoms with E-state index in [1.54, 1.807) is 0 Å². The van der Waals surface area contributed by atoms with Gasteiger partial charge in [0.05, 0.1) is 6.10 Å². The summed E-state index contributed by atoms with van der Waals surface area (Å²) in [6, 6.07) is 0. The maximum Gasteiger partial charge on any atom is 0.0790 e. The molecule has 0 unspecified atom stereocenters. The summed E-state index contributed by atoms with van der Waals surface area (Å²) >= 11 is 0. The highest BCUT2D eigenvalue weighted by molar-refractivity contribution is 4.73. The highest BCUT2D eigenvalue weighted by atomic mass is 16.7. The standard InChI is InChI=1S/C10H19NO/c1-2-4-10(3-1)12-11-8-7-9-5-6-9/h9-11H,1-8H2. The summed E-state index contributed by atoms with van der Waals surface area (Å²) in [5, 5.41) is 0. The van der Waals surface area contributed by atoms with Crippen LogP contribution in [0.4, 0.5) is 0 Å². The molecule has 0 amide bonds. The van der Waals surface area contributed by atoms with Crippen LogP contribution >= 0.6 is 0 Å². The normalized spacial score (nSPS) is 25.0. The van der Waals surface area contributed by atoms with Crippen LogP contribution in [0, 0.1) is 5.92 Å². The monoisotopic (exact) mass is 169 g/mol. The lowest BCUT2D eigenvalue weighted by Crippen LogP contribution is -2.22. The zero-order valence-electron chi connectivity index (χ0n) is 7.72. The van der Waals surface area contributed by atoms with E-state index in [1.807, 2.05) is 0 Å². The summed E-state index contributed by atoms with van der Waals surface area (Å²) in [6.45, 7) is 1.06. The Morgan fingerprint density at radius 2 is 1.83 bits per heavy atom. The Bertz CT molecular complexity index is 128. The molecule has 0 bridgehead atoms. The zero-order valence-corrected chi connectivity index (χ0v) is 7.72. The molecule has 0 spiro atoms. The van der Waals surface area contributed by atoms with E-state index in [0.717, 1.165) is 12.5 Å². The first-order valence-corrected chi connectivity index (χ1v) is 5.33. The molecule has 2 rings (SSSR count). The lowest BCUT2D eigenvalue weighted by atomic mass is 10.3. The minimum Gasteiger partial charge on any atom is -0.299 e. The van der Waals surface area contributed by atoms with Gasteiger partial charge in [-0.15, -0.1) is 0 Å². The number of hydrogen-bond donors (Lipinski definition) is 1. The number of hydrogen-bond acceptors (Lipinski definition) is 2. The molecule has 12 heavy (non-hydrogen) atoms. The molecule has 0 heterocycles.